The monoisotopic (exact) mass is 484 g/mol. The fraction of sp³-hybridized carbons (Fsp3) is 0.0909. The molecule has 3 nitrogen and oxygen atoms in total. The summed E-state index contributed by atoms with van der Waals surface area (Å²) >= 11 is 3.82. The van der Waals surface area contributed by atoms with Gasteiger partial charge in [-0.05, 0) is 64.9 Å². The highest BCUT2D eigenvalue weighted by Crippen LogP contribution is 2.26. The summed E-state index contributed by atoms with van der Waals surface area (Å²) in [5.74, 6) is 0.759. The highest BCUT2D eigenvalue weighted by molar-refractivity contribution is 14.1. The van der Waals surface area contributed by atoms with E-state index < -0.39 is 0 Å². The fourth-order valence-electron chi connectivity index (χ4n) is 2.98. The standard InChI is InChI=1S/C22H17IN2OS/c1-15-7-5-6-10-20(15)25-21(26)18-13-17(23)11-12-19(18)24-22(25)27-14-16-8-3-2-4-9-16/h2-13H,14H2,1H3. The van der Waals surface area contributed by atoms with Gasteiger partial charge in [0, 0.05) is 9.32 Å². The van der Waals surface area contributed by atoms with Crippen LogP contribution in [0.15, 0.2) is 82.7 Å². The van der Waals surface area contributed by atoms with E-state index in [1.54, 1.807) is 16.3 Å². The number of rotatable bonds is 4. The van der Waals surface area contributed by atoms with Crippen molar-refractivity contribution in [2.45, 2.75) is 17.8 Å². The van der Waals surface area contributed by atoms with E-state index in [2.05, 4.69) is 34.7 Å². The van der Waals surface area contributed by atoms with Gasteiger partial charge in [0.1, 0.15) is 0 Å². The van der Waals surface area contributed by atoms with Crippen molar-refractivity contribution in [1.29, 1.82) is 0 Å². The molecule has 0 unspecified atom stereocenters. The number of benzene rings is 3. The summed E-state index contributed by atoms with van der Waals surface area (Å²) in [6, 6.07) is 24.0. The van der Waals surface area contributed by atoms with Gasteiger partial charge in [0.2, 0.25) is 0 Å². The molecule has 0 fully saturated rings. The minimum Gasteiger partial charge on any atom is -0.268 e. The van der Waals surface area contributed by atoms with Crippen molar-refractivity contribution in [3.05, 3.63) is 97.8 Å². The average molecular weight is 484 g/mol. The Morgan fingerprint density at radius 3 is 2.52 bits per heavy atom. The lowest BCUT2D eigenvalue weighted by Gasteiger charge is -2.15. The zero-order valence-electron chi connectivity index (χ0n) is 14.7. The van der Waals surface area contributed by atoms with Gasteiger partial charge in [-0.1, -0.05) is 60.3 Å². The summed E-state index contributed by atoms with van der Waals surface area (Å²) in [4.78, 5) is 18.2. The van der Waals surface area contributed by atoms with E-state index in [4.69, 9.17) is 4.98 Å². The number of nitrogens with zero attached hydrogens (tertiary/aromatic N) is 2. The normalized spacial score (nSPS) is 11.0. The van der Waals surface area contributed by atoms with Crippen molar-refractivity contribution in [3.63, 3.8) is 0 Å². The van der Waals surface area contributed by atoms with Gasteiger partial charge in [0.25, 0.3) is 5.56 Å². The van der Waals surface area contributed by atoms with Crippen LogP contribution in [0, 0.1) is 10.5 Å². The Labute approximate surface area is 175 Å². The predicted molar refractivity (Wildman–Crippen MR) is 121 cm³/mol. The van der Waals surface area contributed by atoms with E-state index in [0.717, 1.165) is 26.1 Å². The molecule has 0 saturated heterocycles. The maximum atomic E-state index is 13.4. The van der Waals surface area contributed by atoms with E-state index in [9.17, 15) is 4.79 Å². The first-order chi connectivity index (χ1) is 13.1. The molecule has 134 valence electrons. The molecular weight excluding hydrogens is 467 g/mol. The van der Waals surface area contributed by atoms with Crippen LogP contribution in [-0.4, -0.2) is 9.55 Å². The van der Waals surface area contributed by atoms with Crippen LogP contribution in [0.1, 0.15) is 11.1 Å². The summed E-state index contributed by atoms with van der Waals surface area (Å²) in [5.41, 5.74) is 3.85. The third-order valence-electron chi connectivity index (χ3n) is 4.37. The van der Waals surface area contributed by atoms with Crippen molar-refractivity contribution >= 4 is 45.3 Å². The molecule has 4 aromatic rings. The second kappa shape index (κ2) is 7.86. The maximum absolute atomic E-state index is 13.4. The van der Waals surface area contributed by atoms with Crippen molar-refractivity contribution in [2.75, 3.05) is 0 Å². The third-order valence-corrected chi connectivity index (χ3v) is 6.05. The quantitative estimate of drug-likeness (QED) is 0.215. The van der Waals surface area contributed by atoms with Gasteiger partial charge in [-0.25, -0.2) is 4.98 Å². The fourth-order valence-corrected chi connectivity index (χ4v) is 4.44. The summed E-state index contributed by atoms with van der Waals surface area (Å²) in [7, 11) is 0. The molecule has 4 rings (SSSR count). The lowest BCUT2D eigenvalue weighted by molar-refractivity contribution is 0.814. The van der Waals surface area contributed by atoms with Crippen molar-refractivity contribution in [2.24, 2.45) is 0 Å². The Bertz CT molecular complexity index is 1170. The molecule has 0 aliphatic heterocycles. The van der Waals surface area contributed by atoms with E-state index in [-0.39, 0.29) is 5.56 Å². The largest absolute Gasteiger partial charge is 0.268 e. The van der Waals surface area contributed by atoms with Crippen LogP contribution >= 0.6 is 34.4 Å². The molecule has 0 saturated carbocycles. The molecule has 27 heavy (non-hydrogen) atoms. The van der Waals surface area contributed by atoms with Crippen LogP contribution in [0.5, 0.6) is 0 Å². The molecular formula is C22H17IN2OS. The molecule has 0 atom stereocenters. The summed E-state index contributed by atoms with van der Waals surface area (Å²) in [6.07, 6.45) is 0. The Balaban J connectivity index is 1.90. The zero-order chi connectivity index (χ0) is 18.8. The van der Waals surface area contributed by atoms with Crippen LogP contribution < -0.4 is 5.56 Å². The van der Waals surface area contributed by atoms with Gasteiger partial charge in [-0.3, -0.25) is 9.36 Å². The van der Waals surface area contributed by atoms with Crippen LogP contribution in [0.4, 0.5) is 0 Å². The van der Waals surface area contributed by atoms with E-state index >= 15 is 0 Å². The van der Waals surface area contributed by atoms with Gasteiger partial charge >= 0.3 is 0 Å². The van der Waals surface area contributed by atoms with Crippen LogP contribution in [0.25, 0.3) is 16.6 Å². The van der Waals surface area contributed by atoms with E-state index in [0.29, 0.717) is 10.5 Å². The van der Waals surface area contributed by atoms with E-state index in [1.165, 1.54) is 5.56 Å². The number of thioether (sulfide) groups is 1. The third kappa shape index (κ3) is 3.80. The predicted octanol–water partition coefficient (Wildman–Crippen LogP) is 5.59. The van der Waals surface area contributed by atoms with Crippen LogP contribution in [-0.2, 0) is 5.75 Å². The number of aryl methyl sites for hydroxylation is 1. The number of fused-ring (bicyclic) bond motifs is 1. The van der Waals surface area contributed by atoms with E-state index in [1.807, 2.05) is 67.6 Å². The molecule has 0 spiro atoms. The first-order valence-corrected chi connectivity index (χ1v) is 10.6. The lowest BCUT2D eigenvalue weighted by atomic mass is 10.2. The number of para-hydroxylation sites is 1. The number of halogens is 1. The molecule has 0 radical (unpaired) electrons. The van der Waals surface area contributed by atoms with Gasteiger partial charge in [-0.15, -0.1) is 0 Å². The topological polar surface area (TPSA) is 34.9 Å². The minimum atomic E-state index is -0.0247. The molecule has 0 N–H and O–H groups in total. The highest BCUT2D eigenvalue weighted by Gasteiger charge is 2.15. The number of aromatic nitrogens is 2. The van der Waals surface area contributed by atoms with Crippen molar-refractivity contribution in [3.8, 4) is 5.69 Å². The molecule has 5 heteroatoms. The first kappa shape index (κ1) is 18.3. The summed E-state index contributed by atoms with van der Waals surface area (Å²) < 4.78 is 2.78. The molecule has 0 aliphatic rings. The van der Waals surface area contributed by atoms with Crippen molar-refractivity contribution in [1.82, 2.24) is 9.55 Å². The van der Waals surface area contributed by atoms with Gasteiger partial charge in [0.15, 0.2) is 5.16 Å². The molecule has 0 aliphatic carbocycles. The second-order valence-corrected chi connectivity index (χ2v) is 8.45. The molecule has 3 aromatic carbocycles. The number of hydrogen-bond acceptors (Lipinski definition) is 3. The smallest absolute Gasteiger partial charge is 0.266 e. The second-order valence-electron chi connectivity index (χ2n) is 6.26. The highest BCUT2D eigenvalue weighted by atomic mass is 127. The Hall–Kier alpha value is -2.12. The zero-order valence-corrected chi connectivity index (χ0v) is 17.7. The molecule has 1 aromatic heterocycles. The maximum Gasteiger partial charge on any atom is 0.266 e. The van der Waals surface area contributed by atoms with Crippen molar-refractivity contribution < 1.29 is 0 Å². The van der Waals surface area contributed by atoms with Gasteiger partial charge < -0.3 is 0 Å². The first-order valence-electron chi connectivity index (χ1n) is 8.58. The van der Waals surface area contributed by atoms with Crippen LogP contribution in [0.3, 0.4) is 0 Å². The Morgan fingerprint density at radius 2 is 1.74 bits per heavy atom. The lowest BCUT2D eigenvalue weighted by Crippen LogP contribution is -2.22. The average Bonchev–Trinajstić information content (AvgIpc) is 2.69. The summed E-state index contributed by atoms with van der Waals surface area (Å²) in [6.45, 7) is 2.02. The SMILES string of the molecule is Cc1ccccc1-n1c(SCc2ccccc2)nc2ccc(I)cc2c1=O. The van der Waals surface area contributed by atoms with Crippen LogP contribution in [0.2, 0.25) is 0 Å². The Kier molecular flexibility index (Phi) is 5.31. The Morgan fingerprint density at radius 1 is 1.00 bits per heavy atom. The molecule has 0 bridgehead atoms. The molecule has 0 amide bonds. The number of hydrogen-bond donors (Lipinski definition) is 0. The summed E-state index contributed by atoms with van der Waals surface area (Å²) in [5, 5.41) is 1.36. The van der Waals surface area contributed by atoms with Gasteiger partial charge in [0.05, 0.1) is 16.6 Å². The van der Waals surface area contributed by atoms with Gasteiger partial charge in [-0.2, -0.15) is 0 Å². The minimum absolute atomic E-state index is 0.0247. The molecule has 1 heterocycles.